The Hall–Kier alpha value is -1.93. The molecular formula is C15H21N3O4S. The van der Waals surface area contributed by atoms with Gasteiger partial charge in [0.25, 0.3) is 0 Å². The van der Waals surface area contributed by atoms with Gasteiger partial charge in [-0.1, -0.05) is 0 Å². The molecule has 8 heteroatoms. The monoisotopic (exact) mass is 339 g/mol. The van der Waals surface area contributed by atoms with E-state index < -0.39 is 23.4 Å². The second-order valence-corrected chi connectivity index (χ2v) is 6.59. The summed E-state index contributed by atoms with van der Waals surface area (Å²) in [6.07, 6.45) is 0.396. The van der Waals surface area contributed by atoms with Crippen molar-refractivity contribution in [3.05, 3.63) is 22.4 Å². The van der Waals surface area contributed by atoms with E-state index in [1.807, 2.05) is 16.8 Å². The second kappa shape index (κ2) is 7.10. The minimum Gasteiger partial charge on any atom is -0.388 e. The van der Waals surface area contributed by atoms with E-state index in [1.54, 1.807) is 13.8 Å². The topological polar surface area (TPSA) is 89.9 Å². The molecule has 0 spiro atoms. The molecule has 2 heterocycles. The third-order valence-corrected chi connectivity index (χ3v) is 4.45. The van der Waals surface area contributed by atoms with E-state index >= 15 is 0 Å². The molecule has 0 radical (unpaired) electrons. The molecule has 0 aromatic carbocycles. The normalized spacial score (nSPS) is 18.0. The summed E-state index contributed by atoms with van der Waals surface area (Å²) < 4.78 is 0. The summed E-state index contributed by atoms with van der Waals surface area (Å²) in [5.41, 5.74) is -0.147. The Labute approximate surface area is 138 Å². The number of amides is 4. The standard InChI is InChI=1S/C15H21N3O4S/c1-3-17-5-6-18(13(20)12(17)19)14(21)16-10-15(2,22)8-11-4-7-23-9-11/h4,7,9,22H,3,5-6,8,10H2,1-2H3,(H,16,21). The average molecular weight is 339 g/mol. The summed E-state index contributed by atoms with van der Waals surface area (Å²) in [5, 5.41) is 16.7. The van der Waals surface area contributed by atoms with Crippen LogP contribution in [0.3, 0.4) is 0 Å². The number of urea groups is 1. The fraction of sp³-hybridized carbons (Fsp3) is 0.533. The number of carbonyl (C=O) groups is 3. The summed E-state index contributed by atoms with van der Waals surface area (Å²) in [6.45, 7) is 4.33. The van der Waals surface area contributed by atoms with Gasteiger partial charge in [0.1, 0.15) is 0 Å². The van der Waals surface area contributed by atoms with Crippen molar-refractivity contribution >= 4 is 29.2 Å². The molecule has 1 atom stereocenters. The highest BCUT2D eigenvalue weighted by Crippen LogP contribution is 2.15. The van der Waals surface area contributed by atoms with Crippen LogP contribution in [0.5, 0.6) is 0 Å². The molecule has 7 nitrogen and oxygen atoms in total. The molecule has 1 aromatic rings. The molecule has 1 unspecified atom stereocenters. The number of thiophene rings is 1. The fourth-order valence-corrected chi connectivity index (χ4v) is 3.10. The number of piperazine rings is 1. The van der Waals surface area contributed by atoms with Gasteiger partial charge in [-0.15, -0.1) is 0 Å². The number of nitrogens with one attached hydrogen (secondary N) is 1. The van der Waals surface area contributed by atoms with Crippen LogP contribution in [0.15, 0.2) is 16.8 Å². The van der Waals surface area contributed by atoms with E-state index in [0.29, 0.717) is 19.5 Å². The van der Waals surface area contributed by atoms with E-state index in [9.17, 15) is 19.5 Å². The van der Waals surface area contributed by atoms with Gasteiger partial charge in [0.05, 0.1) is 5.60 Å². The predicted octanol–water partition coefficient (Wildman–Crippen LogP) is 0.442. The number of hydrogen-bond donors (Lipinski definition) is 2. The van der Waals surface area contributed by atoms with Gasteiger partial charge in [0.15, 0.2) is 0 Å². The van der Waals surface area contributed by atoms with Crippen molar-refractivity contribution in [3.8, 4) is 0 Å². The molecule has 126 valence electrons. The molecule has 23 heavy (non-hydrogen) atoms. The number of likely N-dealkylation sites (N-methyl/N-ethyl adjacent to an activating group) is 1. The lowest BCUT2D eigenvalue weighted by molar-refractivity contribution is -0.153. The summed E-state index contributed by atoms with van der Waals surface area (Å²) in [4.78, 5) is 38.1. The predicted molar refractivity (Wildman–Crippen MR) is 86.0 cm³/mol. The van der Waals surface area contributed by atoms with Gasteiger partial charge in [-0.05, 0) is 36.2 Å². The first-order valence-electron chi connectivity index (χ1n) is 7.46. The van der Waals surface area contributed by atoms with Crippen molar-refractivity contribution in [2.24, 2.45) is 0 Å². The van der Waals surface area contributed by atoms with Gasteiger partial charge < -0.3 is 15.3 Å². The van der Waals surface area contributed by atoms with E-state index in [0.717, 1.165) is 10.5 Å². The second-order valence-electron chi connectivity index (χ2n) is 5.81. The molecule has 0 saturated carbocycles. The quantitative estimate of drug-likeness (QED) is 0.762. The molecule has 2 N–H and O–H groups in total. The Balaban J connectivity index is 1.89. The van der Waals surface area contributed by atoms with Crippen LogP contribution in [0.25, 0.3) is 0 Å². The van der Waals surface area contributed by atoms with Crippen molar-refractivity contribution in [1.29, 1.82) is 0 Å². The van der Waals surface area contributed by atoms with E-state index in [1.165, 1.54) is 16.2 Å². The summed E-state index contributed by atoms with van der Waals surface area (Å²) in [6, 6.07) is 1.26. The van der Waals surface area contributed by atoms with Gasteiger partial charge in [0, 0.05) is 32.6 Å². The Kier molecular flexibility index (Phi) is 5.38. The number of aliphatic hydroxyl groups is 1. The largest absolute Gasteiger partial charge is 0.388 e. The zero-order valence-corrected chi connectivity index (χ0v) is 14.1. The maximum absolute atomic E-state index is 12.1. The van der Waals surface area contributed by atoms with Crippen LogP contribution in [-0.4, -0.2) is 64.5 Å². The molecule has 2 rings (SSSR count). The molecule has 1 aliphatic heterocycles. The van der Waals surface area contributed by atoms with Crippen molar-refractivity contribution in [3.63, 3.8) is 0 Å². The number of hydrogen-bond acceptors (Lipinski definition) is 5. The van der Waals surface area contributed by atoms with E-state index in [-0.39, 0.29) is 13.1 Å². The van der Waals surface area contributed by atoms with Crippen LogP contribution in [0.2, 0.25) is 0 Å². The van der Waals surface area contributed by atoms with Crippen molar-refractivity contribution in [2.45, 2.75) is 25.9 Å². The lowest BCUT2D eigenvalue weighted by atomic mass is 9.98. The van der Waals surface area contributed by atoms with Gasteiger partial charge in [-0.2, -0.15) is 11.3 Å². The van der Waals surface area contributed by atoms with Gasteiger partial charge in [0.2, 0.25) is 0 Å². The number of rotatable bonds is 5. The minimum absolute atomic E-state index is 0.00283. The Morgan fingerprint density at radius 2 is 2.13 bits per heavy atom. The SMILES string of the molecule is CCN1CCN(C(=O)NCC(C)(O)Cc2ccsc2)C(=O)C1=O. The lowest BCUT2D eigenvalue weighted by Crippen LogP contribution is -2.59. The van der Waals surface area contributed by atoms with E-state index in [4.69, 9.17) is 0 Å². The first-order valence-corrected chi connectivity index (χ1v) is 8.40. The fourth-order valence-electron chi connectivity index (χ4n) is 2.43. The Morgan fingerprint density at radius 3 is 2.74 bits per heavy atom. The summed E-state index contributed by atoms with van der Waals surface area (Å²) in [7, 11) is 0. The average Bonchev–Trinajstić information content (AvgIpc) is 3.00. The first kappa shape index (κ1) is 17.4. The third kappa shape index (κ3) is 4.29. The molecule has 1 aliphatic rings. The van der Waals surface area contributed by atoms with E-state index in [2.05, 4.69) is 5.32 Å². The molecular weight excluding hydrogens is 318 g/mol. The third-order valence-electron chi connectivity index (χ3n) is 3.72. The minimum atomic E-state index is -1.13. The van der Waals surface area contributed by atoms with Crippen LogP contribution >= 0.6 is 11.3 Å². The van der Waals surface area contributed by atoms with Gasteiger partial charge in [-0.25, -0.2) is 4.79 Å². The zero-order valence-electron chi connectivity index (χ0n) is 13.2. The maximum Gasteiger partial charge on any atom is 0.324 e. The Bertz CT molecular complexity index is 586. The zero-order chi connectivity index (χ0) is 17.0. The van der Waals surface area contributed by atoms with Crippen molar-refractivity contribution in [1.82, 2.24) is 15.1 Å². The summed E-state index contributed by atoms with van der Waals surface area (Å²) in [5.74, 6) is -1.49. The van der Waals surface area contributed by atoms with Crippen LogP contribution in [0.4, 0.5) is 4.79 Å². The van der Waals surface area contributed by atoms with Gasteiger partial charge in [-0.3, -0.25) is 14.5 Å². The number of imide groups is 1. The maximum atomic E-state index is 12.1. The van der Waals surface area contributed by atoms with Crippen molar-refractivity contribution < 1.29 is 19.5 Å². The molecule has 1 fully saturated rings. The van der Waals surface area contributed by atoms with Crippen LogP contribution in [-0.2, 0) is 16.0 Å². The van der Waals surface area contributed by atoms with Crippen molar-refractivity contribution in [2.75, 3.05) is 26.2 Å². The molecule has 0 bridgehead atoms. The van der Waals surface area contributed by atoms with Crippen LogP contribution < -0.4 is 5.32 Å². The molecule has 4 amide bonds. The first-order chi connectivity index (χ1) is 10.8. The lowest BCUT2D eigenvalue weighted by Gasteiger charge is -2.32. The highest BCUT2D eigenvalue weighted by atomic mass is 32.1. The molecule has 1 saturated heterocycles. The summed E-state index contributed by atoms with van der Waals surface area (Å²) >= 11 is 1.54. The Morgan fingerprint density at radius 1 is 1.39 bits per heavy atom. The van der Waals surface area contributed by atoms with Crippen LogP contribution in [0.1, 0.15) is 19.4 Å². The number of nitrogens with zero attached hydrogens (tertiary/aromatic N) is 2. The highest BCUT2D eigenvalue weighted by molar-refractivity contribution is 7.07. The molecule has 1 aromatic heterocycles. The molecule has 0 aliphatic carbocycles. The number of carbonyl (C=O) groups excluding carboxylic acids is 3. The van der Waals surface area contributed by atoms with Crippen LogP contribution in [0, 0.1) is 0 Å². The smallest absolute Gasteiger partial charge is 0.324 e. The van der Waals surface area contributed by atoms with Gasteiger partial charge >= 0.3 is 17.8 Å². The highest BCUT2D eigenvalue weighted by Gasteiger charge is 2.36.